The van der Waals surface area contributed by atoms with Gasteiger partial charge in [0.05, 0.1) is 13.2 Å². The van der Waals surface area contributed by atoms with Crippen molar-refractivity contribution in [3.05, 3.63) is 0 Å². The summed E-state index contributed by atoms with van der Waals surface area (Å²) in [5.41, 5.74) is 0. The fourth-order valence-corrected chi connectivity index (χ4v) is 2.01. The second kappa shape index (κ2) is 15.7. The Hall–Kier alpha value is -0.200. The van der Waals surface area contributed by atoms with Crippen LogP contribution in [-0.4, -0.2) is 61.6 Å². The van der Waals surface area contributed by atoms with Crippen molar-refractivity contribution < 1.29 is 24.4 Å². The van der Waals surface area contributed by atoms with Gasteiger partial charge in [-0.25, -0.2) is 0 Å². The smallest absolute Gasteiger partial charge is 0.114 e. The average molecular weight is 320 g/mol. The Morgan fingerprint density at radius 3 is 1.91 bits per heavy atom. The summed E-state index contributed by atoms with van der Waals surface area (Å²) >= 11 is 0. The Kier molecular flexibility index (Phi) is 15.5. The van der Waals surface area contributed by atoms with E-state index < -0.39 is 18.3 Å². The van der Waals surface area contributed by atoms with Crippen LogP contribution in [0, 0.1) is 0 Å². The molecule has 0 bridgehead atoms. The number of aliphatic hydroxyl groups excluding tert-OH is 2. The Labute approximate surface area is 136 Å². The summed E-state index contributed by atoms with van der Waals surface area (Å²) in [6.07, 6.45) is 4.11. The van der Waals surface area contributed by atoms with Gasteiger partial charge in [0.2, 0.25) is 0 Å². The number of unbranched alkanes of at least 4 members (excludes halogenated alkanes) is 3. The SMILES string of the molecule is CCCCOC[C@@H](O)[C@H](OCCCC)[C@@H](CO)OCCCC. The molecule has 5 heteroatoms. The predicted molar refractivity (Wildman–Crippen MR) is 88.1 cm³/mol. The first-order valence-electron chi connectivity index (χ1n) is 8.81. The van der Waals surface area contributed by atoms with Crippen LogP contribution in [0.3, 0.4) is 0 Å². The number of rotatable bonds is 16. The fourth-order valence-electron chi connectivity index (χ4n) is 2.01. The molecule has 0 saturated carbocycles. The molecule has 0 heterocycles. The average Bonchev–Trinajstić information content (AvgIpc) is 2.53. The standard InChI is InChI=1S/C17H36O5/c1-4-7-10-20-14-15(19)17(22-12-9-6-3)16(13-18)21-11-8-5-2/h15-19H,4-14H2,1-3H3/t15-,16-,17+/m1/s1. The monoisotopic (exact) mass is 320 g/mol. The molecule has 3 atom stereocenters. The van der Waals surface area contributed by atoms with Gasteiger partial charge in [0.1, 0.15) is 18.3 Å². The van der Waals surface area contributed by atoms with Crippen LogP contribution in [0.25, 0.3) is 0 Å². The van der Waals surface area contributed by atoms with Gasteiger partial charge in [-0.2, -0.15) is 0 Å². The summed E-state index contributed by atoms with van der Waals surface area (Å²) in [4.78, 5) is 0. The molecule has 0 saturated heterocycles. The van der Waals surface area contributed by atoms with Gasteiger partial charge >= 0.3 is 0 Å². The third-order valence-corrected chi connectivity index (χ3v) is 3.49. The molecule has 0 aliphatic heterocycles. The van der Waals surface area contributed by atoms with E-state index in [0.717, 1.165) is 38.5 Å². The van der Waals surface area contributed by atoms with E-state index in [-0.39, 0.29) is 13.2 Å². The van der Waals surface area contributed by atoms with E-state index >= 15 is 0 Å². The summed E-state index contributed by atoms with van der Waals surface area (Å²) in [6.45, 7) is 8.08. The van der Waals surface area contributed by atoms with Gasteiger partial charge in [-0.05, 0) is 19.3 Å². The van der Waals surface area contributed by atoms with Crippen molar-refractivity contribution in [2.24, 2.45) is 0 Å². The number of aliphatic hydroxyl groups is 2. The molecule has 0 aromatic rings. The second-order valence-electron chi connectivity index (χ2n) is 5.63. The minimum absolute atomic E-state index is 0.160. The van der Waals surface area contributed by atoms with Gasteiger partial charge in [-0.3, -0.25) is 0 Å². The quantitative estimate of drug-likeness (QED) is 0.428. The Bertz CT molecular complexity index is 225. The fraction of sp³-hybridized carbons (Fsp3) is 1.00. The summed E-state index contributed by atoms with van der Waals surface area (Å²) in [5, 5.41) is 19.9. The zero-order chi connectivity index (χ0) is 16.6. The second-order valence-corrected chi connectivity index (χ2v) is 5.63. The zero-order valence-corrected chi connectivity index (χ0v) is 14.6. The molecule has 0 unspecified atom stereocenters. The highest BCUT2D eigenvalue weighted by Crippen LogP contribution is 2.12. The van der Waals surface area contributed by atoms with Crippen molar-refractivity contribution >= 4 is 0 Å². The third-order valence-electron chi connectivity index (χ3n) is 3.49. The van der Waals surface area contributed by atoms with Crippen LogP contribution >= 0.6 is 0 Å². The van der Waals surface area contributed by atoms with E-state index in [0.29, 0.717) is 19.8 Å². The van der Waals surface area contributed by atoms with Crippen LogP contribution in [0.4, 0.5) is 0 Å². The van der Waals surface area contributed by atoms with Gasteiger partial charge < -0.3 is 24.4 Å². The van der Waals surface area contributed by atoms with E-state index in [1.54, 1.807) is 0 Å². The molecule has 0 aliphatic rings. The first kappa shape index (κ1) is 21.8. The van der Waals surface area contributed by atoms with Gasteiger partial charge in [-0.1, -0.05) is 40.0 Å². The summed E-state index contributed by atoms with van der Waals surface area (Å²) in [6, 6.07) is 0. The Balaban J connectivity index is 4.40. The minimum atomic E-state index is -0.785. The lowest BCUT2D eigenvalue weighted by Gasteiger charge is -2.30. The Morgan fingerprint density at radius 1 is 0.818 bits per heavy atom. The van der Waals surface area contributed by atoms with Gasteiger partial charge in [0.25, 0.3) is 0 Å². The molecular weight excluding hydrogens is 284 g/mol. The molecule has 0 spiro atoms. The molecule has 0 aliphatic carbocycles. The van der Waals surface area contributed by atoms with Crippen molar-refractivity contribution in [2.75, 3.05) is 33.0 Å². The molecule has 2 N–H and O–H groups in total. The molecule has 0 fully saturated rings. The maximum absolute atomic E-state index is 10.3. The highest BCUT2D eigenvalue weighted by atomic mass is 16.6. The molecule has 0 aromatic carbocycles. The Morgan fingerprint density at radius 2 is 1.36 bits per heavy atom. The van der Waals surface area contributed by atoms with Crippen LogP contribution in [0.2, 0.25) is 0 Å². The predicted octanol–water partition coefficient (Wildman–Crippen LogP) is 2.53. The molecule has 0 rings (SSSR count). The van der Waals surface area contributed by atoms with Crippen molar-refractivity contribution in [3.8, 4) is 0 Å². The highest BCUT2D eigenvalue weighted by Gasteiger charge is 2.29. The van der Waals surface area contributed by atoms with E-state index in [4.69, 9.17) is 14.2 Å². The number of ether oxygens (including phenoxy) is 3. The first-order valence-corrected chi connectivity index (χ1v) is 8.81. The molecule has 22 heavy (non-hydrogen) atoms. The van der Waals surface area contributed by atoms with Gasteiger partial charge in [0, 0.05) is 19.8 Å². The zero-order valence-electron chi connectivity index (χ0n) is 14.6. The van der Waals surface area contributed by atoms with Crippen LogP contribution in [-0.2, 0) is 14.2 Å². The van der Waals surface area contributed by atoms with Crippen molar-refractivity contribution in [1.82, 2.24) is 0 Å². The largest absolute Gasteiger partial charge is 0.394 e. The highest BCUT2D eigenvalue weighted by molar-refractivity contribution is 4.78. The topological polar surface area (TPSA) is 68.2 Å². The van der Waals surface area contributed by atoms with E-state index in [2.05, 4.69) is 20.8 Å². The molecule has 0 amide bonds. The van der Waals surface area contributed by atoms with E-state index in [1.165, 1.54) is 0 Å². The minimum Gasteiger partial charge on any atom is -0.394 e. The van der Waals surface area contributed by atoms with Crippen LogP contribution in [0.1, 0.15) is 59.3 Å². The number of hydrogen-bond donors (Lipinski definition) is 2. The van der Waals surface area contributed by atoms with Gasteiger partial charge in [-0.15, -0.1) is 0 Å². The normalized spacial score (nSPS) is 15.7. The van der Waals surface area contributed by atoms with Crippen LogP contribution in [0.15, 0.2) is 0 Å². The molecule has 5 nitrogen and oxygen atoms in total. The lowest BCUT2D eigenvalue weighted by molar-refractivity contribution is -0.149. The van der Waals surface area contributed by atoms with Crippen LogP contribution in [0.5, 0.6) is 0 Å². The van der Waals surface area contributed by atoms with Gasteiger partial charge in [0.15, 0.2) is 0 Å². The van der Waals surface area contributed by atoms with E-state index in [9.17, 15) is 10.2 Å². The lowest BCUT2D eigenvalue weighted by atomic mass is 10.1. The maximum atomic E-state index is 10.3. The van der Waals surface area contributed by atoms with Crippen molar-refractivity contribution in [3.63, 3.8) is 0 Å². The summed E-state index contributed by atoms with van der Waals surface area (Å²) in [5.74, 6) is 0. The van der Waals surface area contributed by atoms with Crippen molar-refractivity contribution in [2.45, 2.75) is 77.6 Å². The summed E-state index contributed by atoms with van der Waals surface area (Å²) in [7, 11) is 0. The lowest BCUT2D eigenvalue weighted by Crippen LogP contribution is -2.45. The maximum Gasteiger partial charge on any atom is 0.114 e. The molecular formula is C17H36O5. The van der Waals surface area contributed by atoms with Crippen molar-refractivity contribution in [1.29, 1.82) is 0 Å². The first-order chi connectivity index (χ1) is 10.7. The molecule has 0 aromatic heterocycles. The summed E-state index contributed by atoms with van der Waals surface area (Å²) < 4.78 is 16.9. The third kappa shape index (κ3) is 10.5. The number of hydrogen-bond acceptors (Lipinski definition) is 5. The van der Waals surface area contributed by atoms with E-state index in [1.807, 2.05) is 0 Å². The molecule has 0 radical (unpaired) electrons. The van der Waals surface area contributed by atoms with Crippen LogP contribution < -0.4 is 0 Å². The molecule has 134 valence electrons.